The van der Waals surface area contributed by atoms with Crippen molar-refractivity contribution in [1.29, 1.82) is 0 Å². The van der Waals surface area contributed by atoms with E-state index in [0.717, 1.165) is 34.3 Å². The molecule has 1 amide bonds. The highest BCUT2D eigenvalue weighted by molar-refractivity contribution is 7.22. The maximum absolute atomic E-state index is 13.1. The Labute approximate surface area is 159 Å². The third kappa shape index (κ3) is 2.78. The van der Waals surface area contributed by atoms with Crippen LogP contribution < -0.4 is 5.32 Å². The van der Waals surface area contributed by atoms with Crippen molar-refractivity contribution in [3.05, 3.63) is 46.3 Å². The van der Waals surface area contributed by atoms with E-state index in [0.29, 0.717) is 33.4 Å². The fourth-order valence-electron chi connectivity index (χ4n) is 3.47. The molecule has 3 heterocycles. The van der Waals surface area contributed by atoms with Gasteiger partial charge in [-0.15, -0.1) is 0 Å². The number of aryl methyl sites for hydroxylation is 3. The zero-order chi connectivity index (χ0) is 18.7. The van der Waals surface area contributed by atoms with Crippen LogP contribution in [-0.4, -0.2) is 21.0 Å². The fraction of sp³-hybridized carbons (Fsp3) is 0.300. The van der Waals surface area contributed by atoms with Gasteiger partial charge in [-0.3, -0.25) is 10.1 Å². The summed E-state index contributed by atoms with van der Waals surface area (Å²) in [5.41, 5.74) is 5.78. The zero-order valence-electron chi connectivity index (χ0n) is 15.3. The number of hydrogen-bond donors (Lipinski definition) is 1. The summed E-state index contributed by atoms with van der Waals surface area (Å²) in [6.45, 7) is 5.92. The molecule has 1 fully saturated rings. The second-order valence-electron chi connectivity index (χ2n) is 7.22. The molecule has 5 rings (SSSR count). The van der Waals surface area contributed by atoms with Crippen molar-refractivity contribution in [2.45, 2.75) is 39.5 Å². The molecule has 1 saturated carbocycles. The Kier molecular flexibility index (Phi) is 3.55. The normalized spacial score (nSPS) is 14.2. The van der Waals surface area contributed by atoms with Gasteiger partial charge in [0.05, 0.1) is 26.9 Å². The van der Waals surface area contributed by atoms with Crippen LogP contribution in [0.3, 0.4) is 0 Å². The van der Waals surface area contributed by atoms with E-state index >= 15 is 0 Å². The number of aromatic nitrogens is 3. The van der Waals surface area contributed by atoms with Crippen molar-refractivity contribution in [3.8, 4) is 0 Å². The van der Waals surface area contributed by atoms with Gasteiger partial charge in [0.15, 0.2) is 5.13 Å². The first-order valence-corrected chi connectivity index (χ1v) is 9.77. The number of amides is 1. The molecule has 0 saturated heterocycles. The third-order valence-corrected chi connectivity index (χ3v) is 5.85. The average Bonchev–Trinajstić information content (AvgIpc) is 3.30. The molecule has 0 radical (unpaired) electrons. The van der Waals surface area contributed by atoms with Gasteiger partial charge in [-0.25, -0.2) is 9.97 Å². The lowest BCUT2D eigenvalue weighted by molar-refractivity contribution is 0.102. The van der Waals surface area contributed by atoms with Crippen LogP contribution in [0.15, 0.2) is 22.7 Å². The average molecular weight is 378 g/mol. The molecule has 1 aliphatic rings. The van der Waals surface area contributed by atoms with Crippen molar-refractivity contribution in [2.75, 3.05) is 5.32 Å². The monoisotopic (exact) mass is 378 g/mol. The topological polar surface area (TPSA) is 80.9 Å². The van der Waals surface area contributed by atoms with E-state index in [1.807, 2.05) is 19.9 Å². The molecule has 4 aromatic rings. The molecular formula is C20H18N4O2S. The van der Waals surface area contributed by atoms with Gasteiger partial charge >= 0.3 is 0 Å². The number of pyridine rings is 1. The molecule has 1 aromatic carbocycles. The Morgan fingerprint density at radius 1 is 1.19 bits per heavy atom. The van der Waals surface area contributed by atoms with Crippen molar-refractivity contribution < 1.29 is 9.32 Å². The Balaban J connectivity index is 1.56. The first-order valence-electron chi connectivity index (χ1n) is 8.95. The predicted octanol–water partition coefficient (Wildman–Crippen LogP) is 4.89. The highest BCUT2D eigenvalue weighted by atomic mass is 32.1. The van der Waals surface area contributed by atoms with Gasteiger partial charge in [0.1, 0.15) is 0 Å². The minimum Gasteiger partial charge on any atom is -0.336 e. The Morgan fingerprint density at radius 3 is 2.78 bits per heavy atom. The highest BCUT2D eigenvalue weighted by Gasteiger charge is 2.28. The molecule has 0 spiro atoms. The number of nitrogens with one attached hydrogen (secondary N) is 1. The predicted molar refractivity (Wildman–Crippen MR) is 106 cm³/mol. The Morgan fingerprint density at radius 2 is 2.00 bits per heavy atom. The fourth-order valence-corrected chi connectivity index (χ4v) is 4.51. The van der Waals surface area contributed by atoms with Crippen LogP contribution in [-0.2, 0) is 0 Å². The van der Waals surface area contributed by atoms with E-state index in [1.165, 1.54) is 16.9 Å². The van der Waals surface area contributed by atoms with Crippen LogP contribution in [0.4, 0.5) is 5.13 Å². The number of rotatable bonds is 3. The van der Waals surface area contributed by atoms with Gasteiger partial charge in [0.2, 0.25) is 0 Å². The van der Waals surface area contributed by atoms with E-state index in [4.69, 9.17) is 4.52 Å². The summed E-state index contributed by atoms with van der Waals surface area (Å²) in [5.74, 6) is 0.212. The Hall–Kier alpha value is -2.80. The maximum atomic E-state index is 13.1. The summed E-state index contributed by atoms with van der Waals surface area (Å²) < 4.78 is 6.40. The molecule has 3 aromatic heterocycles. The number of carbonyl (C=O) groups is 1. The van der Waals surface area contributed by atoms with Gasteiger partial charge in [-0.1, -0.05) is 22.6 Å². The van der Waals surface area contributed by atoms with Crippen molar-refractivity contribution in [2.24, 2.45) is 0 Å². The minimum absolute atomic E-state index is 0.205. The van der Waals surface area contributed by atoms with Crippen LogP contribution in [0.2, 0.25) is 0 Å². The maximum Gasteiger partial charge on any atom is 0.259 e. The Bertz CT molecular complexity index is 1220. The lowest BCUT2D eigenvalue weighted by atomic mass is 10.1. The summed E-state index contributed by atoms with van der Waals surface area (Å²) in [4.78, 5) is 22.2. The second kappa shape index (κ2) is 5.85. The molecule has 27 heavy (non-hydrogen) atoms. The molecule has 0 unspecified atom stereocenters. The third-order valence-electron chi connectivity index (χ3n) is 4.93. The van der Waals surface area contributed by atoms with E-state index in [-0.39, 0.29) is 5.91 Å². The summed E-state index contributed by atoms with van der Waals surface area (Å²) >= 11 is 1.49. The smallest absolute Gasteiger partial charge is 0.259 e. The van der Waals surface area contributed by atoms with E-state index < -0.39 is 0 Å². The van der Waals surface area contributed by atoms with Crippen molar-refractivity contribution >= 4 is 43.7 Å². The van der Waals surface area contributed by atoms with Gasteiger partial charge in [0.25, 0.3) is 11.6 Å². The lowest BCUT2D eigenvalue weighted by Crippen LogP contribution is -2.13. The highest BCUT2D eigenvalue weighted by Crippen LogP contribution is 2.40. The minimum atomic E-state index is -0.205. The molecule has 0 atom stereocenters. The first-order chi connectivity index (χ1) is 13.0. The molecule has 6 nitrogen and oxygen atoms in total. The number of thiazole rings is 1. The van der Waals surface area contributed by atoms with E-state index in [2.05, 4.69) is 39.5 Å². The van der Waals surface area contributed by atoms with Gasteiger partial charge in [-0.2, -0.15) is 0 Å². The van der Waals surface area contributed by atoms with Crippen LogP contribution in [0, 0.1) is 20.8 Å². The van der Waals surface area contributed by atoms with Crippen LogP contribution >= 0.6 is 11.3 Å². The number of carbonyl (C=O) groups excluding carboxylic acids is 1. The van der Waals surface area contributed by atoms with Crippen LogP contribution in [0.5, 0.6) is 0 Å². The lowest BCUT2D eigenvalue weighted by Gasteiger charge is -2.05. The molecule has 0 bridgehead atoms. The standard InChI is InChI=1S/C20H18N4O2S/c1-9-6-10(2)17-15(7-9)27-20(22-17)23-18(25)13-8-14(12-4-5-12)21-19-16(13)11(3)24-26-19/h6-8,12H,4-5H2,1-3H3,(H,22,23,25). The van der Waals surface area contributed by atoms with Gasteiger partial charge in [0, 0.05) is 11.6 Å². The van der Waals surface area contributed by atoms with Crippen LogP contribution in [0.1, 0.15) is 51.6 Å². The summed E-state index contributed by atoms with van der Waals surface area (Å²) in [7, 11) is 0. The van der Waals surface area contributed by atoms with Crippen LogP contribution in [0.25, 0.3) is 21.3 Å². The molecule has 0 aliphatic heterocycles. The number of nitrogens with zero attached hydrogens (tertiary/aromatic N) is 3. The molecular weight excluding hydrogens is 360 g/mol. The second-order valence-corrected chi connectivity index (χ2v) is 8.25. The largest absolute Gasteiger partial charge is 0.336 e. The van der Waals surface area contributed by atoms with Gasteiger partial charge < -0.3 is 4.52 Å². The summed E-state index contributed by atoms with van der Waals surface area (Å²) in [6.07, 6.45) is 2.20. The van der Waals surface area contributed by atoms with Crippen molar-refractivity contribution in [3.63, 3.8) is 0 Å². The summed E-state index contributed by atoms with van der Waals surface area (Å²) in [5, 5.41) is 8.22. The SMILES string of the molecule is Cc1cc(C)c2nc(NC(=O)c3cc(C4CC4)nc4onc(C)c34)sc2c1. The molecule has 1 aliphatic carbocycles. The van der Waals surface area contributed by atoms with E-state index in [1.54, 1.807) is 0 Å². The summed E-state index contributed by atoms with van der Waals surface area (Å²) in [6, 6.07) is 6.07. The number of hydrogen-bond acceptors (Lipinski definition) is 6. The van der Waals surface area contributed by atoms with E-state index in [9.17, 15) is 4.79 Å². The quantitative estimate of drug-likeness (QED) is 0.549. The number of anilines is 1. The number of benzene rings is 1. The molecule has 7 heteroatoms. The first kappa shape index (κ1) is 16.4. The van der Waals surface area contributed by atoms with Crippen molar-refractivity contribution in [1.82, 2.24) is 15.1 Å². The molecule has 136 valence electrons. The zero-order valence-corrected chi connectivity index (χ0v) is 16.1. The molecule has 1 N–H and O–H groups in total. The number of fused-ring (bicyclic) bond motifs is 2. The van der Waals surface area contributed by atoms with Gasteiger partial charge in [-0.05, 0) is 56.9 Å².